The second kappa shape index (κ2) is 4.64. The first-order valence-electron chi connectivity index (χ1n) is 2.82. The van der Waals surface area contributed by atoms with E-state index < -0.39 is 24.6 Å². The van der Waals surface area contributed by atoms with Gasteiger partial charge >= 0.3 is 11.9 Å². The van der Waals surface area contributed by atoms with E-state index in [9.17, 15) is 9.59 Å². The molecule has 1 atom stereocenters. The average molecular weight is 163 g/mol. The number of carboxylic acids is 2. The molecule has 0 bridgehead atoms. The zero-order chi connectivity index (χ0) is 8.85. The number of nitrogens with two attached hydrogens (primary N) is 1. The van der Waals surface area contributed by atoms with E-state index in [1.807, 2.05) is 0 Å². The predicted octanol–water partition coefficient (Wildman–Crippen LogP) is -1.50. The van der Waals surface area contributed by atoms with Gasteiger partial charge in [0.05, 0.1) is 6.61 Å². The molecule has 11 heavy (non-hydrogen) atoms. The molecule has 0 radical (unpaired) electrons. The Balaban J connectivity index is 3.39. The summed E-state index contributed by atoms with van der Waals surface area (Å²) in [5.41, 5.74) is 4.99. The molecule has 0 heterocycles. The average Bonchev–Trinajstić information content (AvgIpc) is 1.86. The van der Waals surface area contributed by atoms with Gasteiger partial charge in [0, 0.05) is 0 Å². The Morgan fingerprint density at radius 1 is 1.45 bits per heavy atom. The van der Waals surface area contributed by atoms with Crippen molar-refractivity contribution in [3.63, 3.8) is 0 Å². The monoisotopic (exact) mass is 163 g/mol. The summed E-state index contributed by atoms with van der Waals surface area (Å²) in [7, 11) is 0. The number of carboxylic acid groups (broad SMARTS) is 2. The second-order valence-electron chi connectivity index (χ2n) is 1.85. The van der Waals surface area contributed by atoms with Gasteiger partial charge in [-0.3, -0.25) is 4.79 Å². The molecule has 0 saturated carbocycles. The number of rotatable bonds is 5. The van der Waals surface area contributed by atoms with Crippen LogP contribution < -0.4 is 5.73 Å². The van der Waals surface area contributed by atoms with E-state index in [2.05, 4.69) is 4.74 Å². The molecule has 0 fully saturated rings. The van der Waals surface area contributed by atoms with Crippen molar-refractivity contribution in [2.75, 3.05) is 13.2 Å². The van der Waals surface area contributed by atoms with Crippen LogP contribution in [0.25, 0.3) is 0 Å². The number of hydrogen-bond acceptors (Lipinski definition) is 4. The molecule has 4 N–H and O–H groups in total. The van der Waals surface area contributed by atoms with Gasteiger partial charge < -0.3 is 20.7 Å². The van der Waals surface area contributed by atoms with Gasteiger partial charge in [-0.1, -0.05) is 0 Å². The quantitative estimate of drug-likeness (QED) is 0.455. The Hall–Kier alpha value is -1.14. The fourth-order valence-electron chi connectivity index (χ4n) is 0.344. The first-order chi connectivity index (χ1) is 5.04. The van der Waals surface area contributed by atoms with Crippen LogP contribution in [0.2, 0.25) is 0 Å². The zero-order valence-electron chi connectivity index (χ0n) is 5.69. The highest BCUT2D eigenvalue weighted by Crippen LogP contribution is 1.81. The van der Waals surface area contributed by atoms with Crippen molar-refractivity contribution in [2.45, 2.75) is 6.04 Å². The molecular weight excluding hydrogens is 154 g/mol. The maximum atomic E-state index is 10.0. The van der Waals surface area contributed by atoms with Gasteiger partial charge in [-0.25, -0.2) is 4.79 Å². The fourth-order valence-corrected chi connectivity index (χ4v) is 0.344. The maximum Gasteiger partial charge on any atom is 0.329 e. The fraction of sp³-hybridized carbons (Fsp3) is 0.600. The van der Waals surface area contributed by atoms with Crippen LogP contribution in [-0.4, -0.2) is 41.4 Å². The Morgan fingerprint density at radius 3 is 2.36 bits per heavy atom. The lowest BCUT2D eigenvalue weighted by Crippen LogP contribution is -2.35. The summed E-state index contributed by atoms with van der Waals surface area (Å²) in [5.74, 6) is -2.36. The van der Waals surface area contributed by atoms with Gasteiger partial charge in [0.2, 0.25) is 0 Å². The van der Waals surface area contributed by atoms with Crippen LogP contribution in [0.1, 0.15) is 0 Å². The Bertz CT molecular complexity index is 157. The molecule has 6 nitrogen and oxygen atoms in total. The highest BCUT2D eigenvalue weighted by atomic mass is 16.5. The summed E-state index contributed by atoms with van der Waals surface area (Å²) >= 11 is 0. The molecule has 1 unspecified atom stereocenters. The highest BCUT2D eigenvalue weighted by molar-refractivity contribution is 5.73. The van der Waals surface area contributed by atoms with Crippen LogP contribution in [0.4, 0.5) is 0 Å². The van der Waals surface area contributed by atoms with E-state index in [1.165, 1.54) is 0 Å². The molecule has 0 aromatic heterocycles. The van der Waals surface area contributed by atoms with Crippen molar-refractivity contribution in [1.82, 2.24) is 0 Å². The normalized spacial score (nSPS) is 12.5. The smallest absolute Gasteiger partial charge is 0.329 e. The molecule has 0 aliphatic heterocycles. The van der Waals surface area contributed by atoms with Gasteiger partial charge in [-0.2, -0.15) is 0 Å². The zero-order valence-corrected chi connectivity index (χ0v) is 5.69. The van der Waals surface area contributed by atoms with Crippen LogP contribution in [0.3, 0.4) is 0 Å². The van der Waals surface area contributed by atoms with Crippen molar-refractivity contribution in [3.05, 3.63) is 0 Å². The third-order valence-corrected chi connectivity index (χ3v) is 0.840. The number of aliphatic carboxylic acids is 2. The Kier molecular flexibility index (Phi) is 4.16. The van der Waals surface area contributed by atoms with E-state index in [0.717, 1.165) is 0 Å². The van der Waals surface area contributed by atoms with Crippen LogP contribution in [0, 0.1) is 0 Å². The van der Waals surface area contributed by atoms with E-state index in [0.29, 0.717) is 0 Å². The maximum absolute atomic E-state index is 10.0. The van der Waals surface area contributed by atoms with Gasteiger partial charge in [0.25, 0.3) is 0 Å². The SMILES string of the molecule is NC(COCC(=O)O)C(=O)O. The molecule has 0 saturated heterocycles. The van der Waals surface area contributed by atoms with Crippen molar-refractivity contribution in [1.29, 1.82) is 0 Å². The number of carbonyl (C=O) groups is 2. The molecule has 0 aliphatic rings. The van der Waals surface area contributed by atoms with Crippen molar-refractivity contribution in [3.8, 4) is 0 Å². The number of hydrogen-bond donors (Lipinski definition) is 3. The van der Waals surface area contributed by atoms with Gasteiger partial charge in [-0.05, 0) is 0 Å². The molecule has 0 amide bonds. The molecule has 0 rings (SSSR count). The summed E-state index contributed by atoms with van der Waals surface area (Å²) in [6.45, 7) is -0.817. The van der Waals surface area contributed by atoms with E-state index >= 15 is 0 Å². The molecular formula is C5H9NO5. The first kappa shape index (κ1) is 9.86. The van der Waals surface area contributed by atoms with Gasteiger partial charge in [0.15, 0.2) is 0 Å². The van der Waals surface area contributed by atoms with Crippen molar-refractivity contribution in [2.24, 2.45) is 5.73 Å². The summed E-state index contributed by atoms with van der Waals surface area (Å²) < 4.78 is 4.41. The van der Waals surface area contributed by atoms with Gasteiger partial charge in [0.1, 0.15) is 12.6 Å². The second-order valence-corrected chi connectivity index (χ2v) is 1.85. The summed E-state index contributed by atoms with van der Waals surface area (Å²) in [4.78, 5) is 19.9. The molecule has 0 aliphatic carbocycles. The predicted molar refractivity (Wildman–Crippen MR) is 34.1 cm³/mol. The standard InChI is InChI=1S/C5H9NO5/c6-3(5(9)10)1-11-2-4(7)8/h3H,1-2,6H2,(H,7,8)(H,9,10). The van der Waals surface area contributed by atoms with Crippen LogP contribution in [0.5, 0.6) is 0 Å². The van der Waals surface area contributed by atoms with Crippen LogP contribution in [0.15, 0.2) is 0 Å². The molecule has 64 valence electrons. The lowest BCUT2D eigenvalue weighted by atomic mass is 10.3. The Morgan fingerprint density at radius 2 is 2.00 bits per heavy atom. The van der Waals surface area contributed by atoms with Crippen LogP contribution >= 0.6 is 0 Å². The van der Waals surface area contributed by atoms with E-state index in [-0.39, 0.29) is 6.61 Å². The lowest BCUT2D eigenvalue weighted by molar-refractivity contribution is -0.146. The van der Waals surface area contributed by atoms with E-state index in [4.69, 9.17) is 15.9 Å². The molecule has 6 heteroatoms. The third-order valence-electron chi connectivity index (χ3n) is 0.840. The summed E-state index contributed by atoms with van der Waals surface area (Å²) in [6.07, 6.45) is 0. The minimum Gasteiger partial charge on any atom is -0.480 e. The highest BCUT2D eigenvalue weighted by Gasteiger charge is 2.11. The molecule has 0 aromatic carbocycles. The minimum atomic E-state index is -1.21. The molecule has 0 spiro atoms. The largest absolute Gasteiger partial charge is 0.480 e. The summed E-state index contributed by atoms with van der Waals surface area (Å²) in [5, 5.41) is 16.2. The lowest BCUT2D eigenvalue weighted by Gasteiger charge is -2.04. The third kappa shape index (κ3) is 5.31. The minimum absolute atomic E-state index is 0.290. The van der Waals surface area contributed by atoms with Gasteiger partial charge in [-0.15, -0.1) is 0 Å². The van der Waals surface area contributed by atoms with Crippen molar-refractivity contribution >= 4 is 11.9 Å². The van der Waals surface area contributed by atoms with E-state index in [1.54, 1.807) is 0 Å². The Labute approximate surface area is 62.6 Å². The topological polar surface area (TPSA) is 110 Å². The van der Waals surface area contributed by atoms with Crippen molar-refractivity contribution < 1.29 is 24.5 Å². The summed E-state index contributed by atoms with van der Waals surface area (Å²) in [6, 6.07) is -1.16. The molecule has 0 aromatic rings. The van der Waals surface area contributed by atoms with Crippen LogP contribution in [-0.2, 0) is 14.3 Å². The first-order valence-corrected chi connectivity index (χ1v) is 2.82. The number of ether oxygens (including phenoxy) is 1.